The van der Waals surface area contributed by atoms with Gasteiger partial charge in [0.2, 0.25) is 0 Å². The second-order valence-corrected chi connectivity index (χ2v) is 5.70. The number of nitrogens with zero attached hydrogens (tertiary/aromatic N) is 2. The largest absolute Gasteiger partial charge is 0.478 e. The molecule has 0 atom stereocenters. The molecule has 2 N–H and O–H groups in total. The Labute approximate surface area is 130 Å². The number of aromatic nitrogens is 2. The first kappa shape index (κ1) is 14.3. The van der Waals surface area contributed by atoms with E-state index in [0.29, 0.717) is 16.2 Å². The lowest BCUT2D eigenvalue weighted by atomic mass is 10.2. The number of hydrogen-bond acceptors (Lipinski definition) is 4. The molecule has 3 rings (SSSR count). The van der Waals surface area contributed by atoms with Gasteiger partial charge < -0.3 is 15.0 Å². The average molecular weight is 315 g/mol. The van der Waals surface area contributed by atoms with E-state index in [9.17, 15) is 9.59 Å². The zero-order valence-electron chi connectivity index (χ0n) is 11.7. The van der Waals surface area contributed by atoms with E-state index in [1.165, 1.54) is 17.4 Å². The zero-order valence-corrected chi connectivity index (χ0v) is 12.6. The number of fused-ring (bicyclic) bond motifs is 1. The van der Waals surface area contributed by atoms with Gasteiger partial charge in [-0.1, -0.05) is 6.07 Å². The highest BCUT2D eigenvalue weighted by atomic mass is 32.1. The smallest absolute Gasteiger partial charge is 0.335 e. The second kappa shape index (κ2) is 5.61. The highest BCUT2D eigenvalue weighted by Crippen LogP contribution is 2.17. The molecule has 3 aromatic rings. The van der Waals surface area contributed by atoms with Crippen LogP contribution in [0, 0.1) is 0 Å². The predicted molar refractivity (Wildman–Crippen MR) is 83.2 cm³/mol. The van der Waals surface area contributed by atoms with Crippen molar-refractivity contribution in [1.82, 2.24) is 14.9 Å². The molecule has 0 saturated carbocycles. The Kier molecular flexibility index (Phi) is 3.64. The van der Waals surface area contributed by atoms with Gasteiger partial charge in [-0.05, 0) is 29.6 Å². The maximum Gasteiger partial charge on any atom is 0.335 e. The van der Waals surface area contributed by atoms with Crippen LogP contribution in [0.15, 0.2) is 35.7 Å². The predicted octanol–water partition coefficient (Wildman–Crippen LogP) is 2.26. The van der Waals surface area contributed by atoms with Crippen LogP contribution in [0.5, 0.6) is 0 Å². The fraction of sp³-hybridized carbons (Fsp3) is 0.133. The van der Waals surface area contributed by atoms with Crippen LogP contribution >= 0.6 is 11.3 Å². The van der Waals surface area contributed by atoms with Gasteiger partial charge in [0.25, 0.3) is 5.91 Å². The van der Waals surface area contributed by atoms with Crippen LogP contribution in [0.1, 0.15) is 25.9 Å². The molecule has 22 heavy (non-hydrogen) atoms. The lowest BCUT2D eigenvalue weighted by Gasteiger charge is -2.04. The quantitative estimate of drug-likeness (QED) is 0.773. The fourth-order valence-corrected chi connectivity index (χ4v) is 2.84. The van der Waals surface area contributed by atoms with E-state index in [1.807, 2.05) is 23.1 Å². The first-order chi connectivity index (χ1) is 10.6. The Bertz CT molecular complexity index is 852. The van der Waals surface area contributed by atoms with Crippen molar-refractivity contribution in [3.8, 4) is 0 Å². The minimum absolute atomic E-state index is 0.145. The summed E-state index contributed by atoms with van der Waals surface area (Å²) in [6, 6.07) is 8.37. The van der Waals surface area contributed by atoms with E-state index < -0.39 is 5.97 Å². The molecule has 7 heteroatoms. The summed E-state index contributed by atoms with van der Waals surface area (Å²) in [6.45, 7) is 0.282. The number of amides is 1. The molecular weight excluding hydrogens is 302 g/mol. The van der Waals surface area contributed by atoms with Crippen molar-refractivity contribution in [2.45, 2.75) is 6.54 Å². The summed E-state index contributed by atoms with van der Waals surface area (Å²) in [6.07, 6.45) is 0. The van der Waals surface area contributed by atoms with Crippen LogP contribution in [0.4, 0.5) is 0 Å². The molecule has 1 amide bonds. The van der Waals surface area contributed by atoms with Gasteiger partial charge >= 0.3 is 5.97 Å². The molecule has 0 aliphatic heterocycles. The van der Waals surface area contributed by atoms with Crippen LogP contribution in [0.2, 0.25) is 0 Å². The minimum atomic E-state index is -0.986. The molecule has 0 saturated heterocycles. The van der Waals surface area contributed by atoms with Crippen molar-refractivity contribution >= 4 is 34.2 Å². The summed E-state index contributed by atoms with van der Waals surface area (Å²) in [7, 11) is 1.84. The summed E-state index contributed by atoms with van der Waals surface area (Å²) >= 11 is 1.38. The van der Waals surface area contributed by atoms with E-state index in [4.69, 9.17) is 5.11 Å². The first-order valence-electron chi connectivity index (χ1n) is 6.56. The monoisotopic (exact) mass is 315 g/mol. The zero-order chi connectivity index (χ0) is 15.7. The van der Waals surface area contributed by atoms with Crippen LogP contribution < -0.4 is 5.32 Å². The van der Waals surface area contributed by atoms with Gasteiger partial charge in [0.15, 0.2) is 0 Å². The topological polar surface area (TPSA) is 84.2 Å². The highest BCUT2D eigenvalue weighted by molar-refractivity contribution is 7.12. The van der Waals surface area contributed by atoms with Gasteiger partial charge in [0.05, 0.1) is 28.0 Å². The number of thiophene rings is 1. The number of rotatable bonds is 4. The average Bonchev–Trinajstić information content (AvgIpc) is 3.13. The van der Waals surface area contributed by atoms with Gasteiger partial charge in [0, 0.05) is 7.05 Å². The van der Waals surface area contributed by atoms with Gasteiger partial charge in [0.1, 0.15) is 5.82 Å². The SMILES string of the molecule is Cn1c(CNC(=O)c2cccs2)nc2cc(C(=O)O)ccc21. The molecule has 6 nitrogen and oxygen atoms in total. The summed E-state index contributed by atoms with van der Waals surface area (Å²) < 4.78 is 1.84. The third-order valence-electron chi connectivity index (χ3n) is 3.37. The minimum Gasteiger partial charge on any atom is -0.478 e. The maximum absolute atomic E-state index is 11.9. The van der Waals surface area contributed by atoms with E-state index in [1.54, 1.807) is 18.2 Å². The number of aryl methyl sites for hydroxylation is 1. The molecule has 0 spiro atoms. The lowest BCUT2D eigenvalue weighted by molar-refractivity contribution is 0.0696. The van der Waals surface area contributed by atoms with E-state index in [-0.39, 0.29) is 18.0 Å². The standard InChI is InChI=1S/C15H13N3O3S/c1-18-11-5-4-9(15(20)21)7-10(11)17-13(18)8-16-14(19)12-3-2-6-22-12/h2-7H,8H2,1H3,(H,16,19)(H,20,21). The number of imidazole rings is 1. The van der Waals surface area contributed by atoms with Gasteiger partial charge in [-0.25, -0.2) is 9.78 Å². The third kappa shape index (κ3) is 2.58. The van der Waals surface area contributed by atoms with E-state index >= 15 is 0 Å². The number of carbonyl (C=O) groups excluding carboxylic acids is 1. The molecule has 0 aliphatic rings. The number of carboxylic acids is 1. The third-order valence-corrected chi connectivity index (χ3v) is 4.24. The van der Waals surface area contributed by atoms with Gasteiger partial charge in [-0.2, -0.15) is 0 Å². The van der Waals surface area contributed by atoms with Crippen molar-refractivity contribution in [2.75, 3.05) is 0 Å². The number of aromatic carboxylic acids is 1. The summed E-state index contributed by atoms with van der Waals surface area (Å²) in [5, 5.41) is 13.7. The van der Waals surface area contributed by atoms with Crippen molar-refractivity contribution < 1.29 is 14.7 Å². The maximum atomic E-state index is 11.9. The van der Waals surface area contributed by atoms with E-state index in [0.717, 1.165) is 5.52 Å². The molecule has 0 radical (unpaired) electrons. The Hall–Kier alpha value is -2.67. The Morgan fingerprint density at radius 1 is 1.36 bits per heavy atom. The first-order valence-corrected chi connectivity index (χ1v) is 7.44. The van der Waals surface area contributed by atoms with Gasteiger partial charge in [-0.3, -0.25) is 4.79 Å². The molecule has 1 aromatic carbocycles. The van der Waals surface area contributed by atoms with E-state index in [2.05, 4.69) is 10.3 Å². The normalized spacial score (nSPS) is 10.8. The molecule has 0 aliphatic carbocycles. The van der Waals surface area contributed by atoms with Crippen LogP contribution in [-0.4, -0.2) is 26.5 Å². The summed E-state index contributed by atoms with van der Waals surface area (Å²) in [5.41, 5.74) is 1.62. The summed E-state index contributed by atoms with van der Waals surface area (Å²) in [4.78, 5) is 28.0. The molecule has 2 aromatic heterocycles. The van der Waals surface area contributed by atoms with Crippen LogP contribution in [0.25, 0.3) is 11.0 Å². The number of nitrogens with one attached hydrogen (secondary N) is 1. The Balaban J connectivity index is 1.83. The van der Waals surface area contributed by atoms with Crippen molar-refractivity contribution in [3.63, 3.8) is 0 Å². The Morgan fingerprint density at radius 3 is 2.86 bits per heavy atom. The second-order valence-electron chi connectivity index (χ2n) is 4.76. The summed E-state index contributed by atoms with van der Waals surface area (Å²) in [5.74, 6) is -0.462. The van der Waals surface area contributed by atoms with Crippen LogP contribution in [-0.2, 0) is 13.6 Å². The number of carboxylic acid groups (broad SMARTS) is 1. The molecule has 0 unspecified atom stereocenters. The molecule has 2 heterocycles. The fourth-order valence-electron chi connectivity index (χ4n) is 2.20. The Morgan fingerprint density at radius 2 is 2.18 bits per heavy atom. The highest BCUT2D eigenvalue weighted by Gasteiger charge is 2.12. The molecule has 0 fully saturated rings. The van der Waals surface area contributed by atoms with Crippen LogP contribution in [0.3, 0.4) is 0 Å². The number of hydrogen-bond donors (Lipinski definition) is 2. The molecular formula is C15H13N3O3S. The number of carbonyl (C=O) groups is 2. The van der Waals surface area contributed by atoms with Gasteiger partial charge in [-0.15, -0.1) is 11.3 Å². The number of benzene rings is 1. The van der Waals surface area contributed by atoms with Crippen molar-refractivity contribution in [1.29, 1.82) is 0 Å². The molecule has 0 bridgehead atoms. The lowest BCUT2D eigenvalue weighted by Crippen LogP contribution is -2.23. The van der Waals surface area contributed by atoms with Crippen molar-refractivity contribution in [2.24, 2.45) is 7.05 Å². The molecule has 112 valence electrons. The van der Waals surface area contributed by atoms with Crippen molar-refractivity contribution in [3.05, 3.63) is 52.0 Å².